The maximum absolute atomic E-state index is 12.0. The van der Waals surface area contributed by atoms with Gasteiger partial charge in [0.2, 0.25) is 5.91 Å². The fourth-order valence-electron chi connectivity index (χ4n) is 1.06. The van der Waals surface area contributed by atoms with Crippen LogP contribution in [0.3, 0.4) is 0 Å². The highest BCUT2D eigenvalue weighted by Gasteiger charge is 2.05. The van der Waals surface area contributed by atoms with Crippen LogP contribution in [0.15, 0.2) is 36.4 Å². The molecule has 0 heterocycles. The van der Waals surface area contributed by atoms with Crippen molar-refractivity contribution < 1.29 is 9.18 Å². The molecule has 1 rings (SSSR count). The Bertz CT molecular complexity index is 319. The number of halogens is 1. The largest absolute Gasteiger partial charge is 0.366 e. The molecular formula is C10H10FNO. The Morgan fingerprint density at radius 1 is 1.38 bits per heavy atom. The smallest absolute Gasteiger partial charge is 0.249 e. The molecule has 0 aliphatic heterocycles. The first-order chi connectivity index (χ1) is 6.25. The van der Waals surface area contributed by atoms with Gasteiger partial charge in [0.1, 0.15) is 6.67 Å². The number of benzene rings is 1. The third kappa shape index (κ3) is 2.40. The second-order valence-corrected chi connectivity index (χ2v) is 2.50. The number of primary amides is 1. The quantitative estimate of drug-likeness (QED) is 0.702. The third-order valence-corrected chi connectivity index (χ3v) is 1.63. The first-order valence-corrected chi connectivity index (χ1v) is 3.87. The number of carbonyl (C=O) groups excluding carboxylic acids is 1. The van der Waals surface area contributed by atoms with Gasteiger partial charge in [-0.1, -0.05) is 30.3 Å². The van der Waals surface area contributed by atoms with Crippen LogP contribution in [0, 0.1) is 0 Å². The molecule has 0 aromatic heterocycles. The van der Waals surface area contributed by atoms with Crippen molar-refractivity contribution in [1.29, 1.82) is 0 Å². The lowest BCUT2D eigenvalue weighted by atomic mass is 10.1. The maximum Gasteiger partial charge on any atom is 0.249 e. The minimum absolute atomic E-state index is 0.225. The van der Waals surface area contributed by atoms with E-state index in [0.29, 0.717) is 5.56 Å². The number of rotatable bonds is 3. The van der Waals surface area contributed by atoms with Crippen molar-refractivity contribution in [1.82, 2.24) is 0 Å². The Balaban J connectivity index is 3.03. The van der Waals surface area contributed by atoms with Crippen LogP contribution >= 0.6 is 0 Å². The van der Waals surface area contributed by atoms with Crippen LogP contribution in [-0.2, 0) is 4.79 Å². The Hall–Kier alpha value is -1.64. The molecule has 0 radical (unpaired) electrons. The second-order valence-electron chi connectivity index (χ2n) is 2.50. The molecule has 3 heteroatoms. The Labute approximate surface area is 75.9 Å². The summed E-state index contributed by atoms with van der Waals surface area (Å²) in [6.45, 7) is -0.687. The van der Waals surface area contributed by atoms with Crippen molar-refractivity contribution in [2.75, 3.05) is 6.67 Å². The molecule has 1 aromatic rings. The molecule has 0 unspecified atom stereocenters. The van der Waals surface area contributed by atoms with Crippen LogP contribution < -0.4 is 5.73 Å². The molecule has 0 bridgehead atoms. The Morgan fingerprint density at radius 3 is 2.46 bits per heavy atom. The average molecular weight is 179 g/mol. The zero-order valence-electron chi connectivity index (χ0n) is 7.03. The number of alkyl halides is 1. The fourth-order valence-corrected chi connectivity index (χ4v) is 1.06. The Kier molecular flexibility index (Phi) is 3.20. The summed E-state index contributed by atoms with van der Waals surface area (Å²) in [5.74, 6) is -0.608. The van der Waals surface area contributed by atoms with Crippen molar-refractivity contribution in [2.24, 2.45) is 5.73 Å². The van der Waals surface area contributed by atoms with E-state index in [0.717, 1.165) is 0 Å². The number of allylic oxidation sites excluding steroid dienone is 1. The van der Waals surface area contributed by atoms with Gasteiger partial charge in [0, 0.05) is 5.57 Å². The first-order valence-electron chi connectivity index (χ1n) is 3.87. The first kappa shape index (κ1) is 9.45. The van der Waals surface area contributed by atoms with Crippen LogP contribution in [0.5, 0.6) is 0 Å². The highest BCUT2D eigenvalue weighted by molar-refractivity contribution is 6.18. The van der Waals surface area contributed by atoms with Crippen molar-refractivity contribution in [3.8, 4) is 0 Å². The van der Waals surface area contributed by atoms with Gasteiger partial charge in [-0.15, -0.1) is 0 Å². The molecule has 0 aliphatic rings. The van der Waals surface area contributed by atoms with Gasteiger partial charge in [-0.3, -0.25) is 4.79 Å². The minimum atomic E-state index is -0.687. The van der Waals surface area contributed by atoms with Crippen molar-refractivity contribution in [3.05, 3.63) is 42.0 Å². The summed E-state index contributed by atoms with van der Waals surface area (Å²) in [7, 11) is 0. The predicted octanol–water partition coefficient (Wildman–Crippen LogP) is 1.52. The van der Waals surface area contributed by atoms with E-state index in [1.54, 1.807) is 24.3 Å². The molecule has 1 amide bonds. The zero-order chi connectivity index (χ0) is 9.68. The number of hydrogen-bond donors (Lipinski definition) is 1. The van der Waals surface area contributed by atoms with Crippen molar-refractivity contribution in [3.63, 3.8) is 0 Å². The summed E-state index contributed by atoms with van der Waals surface area (Å²) in [5, 5.41) is 0. The molecular weight excluding hydrogens is 169 g/mol. The highest BCUT2D eigenvalue weighted by Crippen LogP contribution is 2.12. The van der Waals surface area contributed by atoms with Gasteiger partial charge in [0.25, 0.3) is 0 Å². The lowest BCUT2D eigenvalue weighted by Gasteiger charge is -2.01. The summed E-state index contributed by atoms with van der Waals surface area (Å²) in [6.07, 6.45) is 1.18. The molecule has 13 heavy (non-hydrogen) atoms. The lowest BCUT2D eigenvalue weighted by Crippen LogP contribution is -2.13. The average Bonchev–Trinajstić information content (AvgIpc) is 2.15. The molecule has 0 fully saturated rings. The minimum Gasteiger partial charge on any atom is -0.366 e. The van der Waals surface area contributed by atoms with Crippen LogP contribution in [0.2, 0.25) is 0 Å². The van der Waals surface area contributed by atoms with Gasteiger partial charge in [-0.25, -0.2) is 4.39 Å². The zero-order valence-corrected chi connectivity index (χ0v) is 7.03. The maximum atomic E-state index is 12.0. The van der Waals surface area contributed by atoms with Gasteiger partial charge < -0.3 is 5.73 Å². The van der Waals surface area contributed by atoms with Gasteiger partial charge in [0.05, 0.1) is 0 Å². The molecule has 0 spiro atoms. The SMILES string of the molecule is NC(=O)C(=CCF)c1ccccc1. The standard InChI is InChI=1S/C10H10FNO/c11-7-6-9(10(12)13)8-4-2-1-3-5-8/h1-6H,7H2,(H2,12,13). The van der Waals surface area contributed by atoms with Crippen LogP contribution in [0.25, 0.3) is 5.57 Å². The number of nitrogens with two attached hydrogens (primary N) is 1. The van der Waals surface area contributed by atoms with Crippen molar-refractivity contribution >= 4 is 11.5 Å². The predicted molar refractivity (Wildman–Crippen MR) is 49.6 cm³/mol. The molecule has 2 N–H and O–H groups in total. The van der Waals surface area contributed by atoms with Gasteiger partial charge in [-0.05, 0) is 11.6 Å². The molecule has 1 aromatic carbocycles. The van der Waals surface area contributed by atoms with Gasteiger partial charge in [0.15, 0.2) is 0 Å². The molecule has 0 saturated heterocycles. The van der Waals surface area contributed by atoms with E-state index in [4.69, 9.17) is 5.73 Å². The molecule has 0 saturated carbocycles. The van der Waals surface area contributed by atoms with Crippen LogP contribution in [0.1, 0.15) is 5.56 Å². The monoisotopic (exact) mass is 179 g/mol. The fraction of sp³-hybridized carbons (Fsp3) is 0.100. The Morgan fingerprint density at radius 2 is 2.00 bits per heavy atom. The number of amides is 1. The number of carbonyl (C=O) groups is 1. The van der Waals surface area contributed by atoms with Gasteiger partial charge in [-0.2, -0.15) is 0 Å². The second kappa shape index (κ2) is 4.40. The van der Waals surface area contributed by atoms with Crippen LogP contribution in [0.4, 0.5) is 4.39 Å². The molecule has 0 atom stereocenters. The van der Waals surface area contributed by atoms with E-state index in [9.17, 15) is 9.18 Å². The van der Waals surface area contributed by atoms with E-state index in [-0.39, 0.29) is 5.57 Å². The van der Waals surface area contributed by atoms with E-state index >= 15 is 0 Å². The summed E-state index contributed by atoms with van der Waals surface area (Å²) in [6, 6.07) is 8.78. The summed E-state index contributed by atoms with van der Waals surface area (Å²) in [5.41, 5.74) is 5.95. The topological polar surface area (TPSA) is 43.1 Å². The molecule has 68 valence electrons. The van der Waals surface area contributed by atoms with Crippen LogP contribution in [-0.4, -0.2) is 12.6 Å². The third-order valence-electron chi connectivity index (χ3n) is 1.63. The number of hydrogen-bond acceptors (Lipinski definition) is 1. The van der Waals surface area contributed by atoms with E-state index < -0.39 is 12.6 Å². The lowest BCUT2D eigenvalue weighted by molar-refractivity contribution is -0.112. The highest BCUT2D eigenvalue weighted by atomic mass is 19.1. The normalized spacial score (nSPS) is 11.3. The van der Waals surface area contributed by atoms with Crippen molar-refractivity contribution in [2.45, 2.75) is 0 Å². The molecule has 0 aliphatic carbocycles. The summed E-state index contributed by atoms with van der Waals surface area (Å²) in [4.78, 5) is 10.9. The molecule has 2 nitrogen and oxygen atoms in total. The van der Waals surface area contributed by atoms with Gasteiger partial charge >= 0.3 is 0 Å². The van der Waals surface area contributed by atoms with E-state index in [1.807, 2.05) is 6.07 Å². The summed E-state index contributed by atoms with van der Waals surface area (Å²) >= 11 is 0. The van der Waals surface area contributed by atoms with E-state index in [1.165, 1.54) is 6.08 Å². The summed E-state index contributed by atoms with van der Waals surface area (Å²) < 4.78 is 12.0. The van der Waals surface area contributed by atoms with E-state index in [2.05, 4.69) is 0 Å².